The van der Waals surface area contributed by atoms with Gasteiger partial charge in [0.15, 0.2) is 11.6 Å². The molecule has 0 aliphatic heterocycles. The largest absolute Gasteiger partial charge is 0.416 e. The van der Waals surface area contributed by atoms with Crippen LogP contribution in [0.25, 0.3) is 0 Å². The molecule has 12 heteroatoms. The highest BCUT2D eigenvalue weighted by atomic mass is 127. The van der Waals surface area contributed by atoms with E-state index in [0.717, 1.165) is 3.57 Å². The van der Waals surface area contributed by atoms with Crippen LogP contribution in [0.1, 0.15) is 10.4 Å². The first-order valence-electron chi connectivity index (χ1n) is 7.96. The standard InChI is InChI=1S/C19H6ClF7INO2/c20-8-3-6(28)1-2-11(8)29-12-5-10(22)9(21)4-7(12)19(30)31-18-16(26)14(24)13(23)15(25)17(18)27/h1-5,29H. The van der Waals surface area contributed by atoms with E-state index in [1.165, 1.54) is 12.1 Å². The molecule has 0 spiro atoms. The van der Waals surface area contributed by atoms with E-state index in [2.05, 4.69) is 10.1 Å². The van der Waals surface area contributed by atoms with Crippen LogP contribution in [0.4, 0.5) is 42.1 Å². The SMILES string of the molecule is O=C(Oc1c(F)c(F)c(F)c(F)c1F)c1cc(F)c(F)cc1Nc1ccc(I)cc1Cl. The number of benzene rings is 3. The molecule has 0 radical (unpaired) electrons. The number of hydrogen-bond donors (Lipinski definition) is 1. The van der Waals surface area contributed by atoms with Crippen LogP contribution in [0.3, 0.4) is 0 Å². The zero-order chi connectivity index (χ0) is 23.0. The Morgan fingerprint density at radius 1 is 0.806 bits per heavy atom. The van der Waals surface area contributed by atoms with Gasteiger partial charge in [0.2, 0.25) is 34.8 Å². The van der Waals surface area contributed by atoms with Gasteiger partial charge in [-0.3, -0.25) is 0 Å². The van der Waals surface area contributed by atoms with Crippen LogP contribution in [-0.4, -0.2) is 5.97 Å². The van der Waals surface area contributed by atoms with E-state index in [4.69, 9.17) is 11.6 Å². The summed E-state index contributed by atoms with van der Waals surface area (Å²) < 4.78 is 99.9. The van der Waals surface area contributed by atoms with Crippen molar-refractivity contribution in [3.63, 3.8) is 0 Å². The topological polar surface area (TPSA) is 38.3 Å². The Kier molecular flexibility index (Phi) is 6.65. The first-order valence-corrected chi connectivity index (χ1v) is 9.41. The summed E-state index contributed by atoms with van der Waals surface area (Å²) in [5.41, 5.74) is -1.12. The van der Waals surface area contributed by atoms with Crippen molar-refractivity contribution in [1.29, 1.82) is 0 Å². The number of anilines is 2. The van der Waals surface area contributed by atoms with Gasteiger partial charge in [0.25, 0.3) is 0 Å². The van der Waals surface area contributed by atoms with Crippen molar-refractivity contribution in [1.82, 2.24) is 0 Å². The zero-order valence-electron chi connectivity index (χ0n) is 14.6. The Morgan fingerprint density at radius 2 is 1.35 bits per heavy atom. The van der Waals surface area contributed by atoms with Crippen LogP contribution in [0.15, 0.2) is 30.3 Å². The van der Waals surface area contributed by atoms with Gasteiger partial charge < -0.3 is 10.1 Å². The minimum absolute atomic E-state index is 0.121. The maximum Gasteiger partial charge on any atom is 0.345 e. The van der Waals surface area contributed by atoms with E-state index in [9.17, 15) is 35.5 Å². The van der Waals surface area contributed by atoms with Crippen molar-refractivity contribution in [2.75, 3.05) is 5.32 Å². The smallest absolute Gasteiger partial charge is 0.345 e. The highest BCUT2D eigenvalue weighted by Gasteiger charge is 2.30. The Labute approximate surface area is 187 Å². The van der Waals surface area contributed by atoms with Gasteiger partial charge in [-0.25, -0.2) is 26.7 Å². The molecule has 0 amide bonds. The lowest BCUT2D eigenvalue weighted by Crippen LogP contribution is -2.16. The fraction of sp³-hybridized carbons (Fsp3) is 0. The van der Waals surface area contributed by atoms with Gasteiger partial charge in [-0.2, -0.15) is 8.78 Å². The number of halogens is 9. The van der Waals surface area contributed by atoms with Crippen molar-refractivity contribution in [2.45, 2.75) is 0 Å². The third-order valence-electron chi connectivity index (χ3n) is 3.85. The summed E-state index contributed by atoms with van der Waals surface area (Å²) in [4.78, 5) is 12.4. The predicted octanol–water partition coefficient (Wildman–Crippen LogP) is 6.88. The average molecular weight is 576 g/mol. The fourth-order valence-electron chi connectivity index (χ4n) is 2.38. The number of rotatable bonds is 4. The minimum Gasteiger partial charge on any atom is -0.416 e. The second-order valence-electron chi connectivity index (χ2n) is 5.85. The second-order valence-corrected chi connectivity index (χ2v) is 7.50. The average Bonchev–Trinajstić information content (AvgIpc) is 2.72. The molecule has 0 aromatic heterocycles. The lowest BCUT2D eigenvalue weighted by molar-refractivity contribution is 0.0716. The molecule has 3 aromatic rings. The van der Waals surface area contributed by atoms with E-state index < -0.39 is 63.7 Å². The Morgan fingerprint density at radius 3 is 1.94 bits per heavy atom. The highest BCUT2D eigenvalue weighted by Crippen LogP contribution is 2.33. The van der Waals surface area contributed by atoms with Gasteiger partial charge in [0.1, 0.15) is 0 Å². The molecule has 0 aliphatic carbocycles. The summed E-state index contributed by atoms with van der Waals surface area (Å²) in [5, 5.41) is 2.65. The van der Waals surface area contributed by atoms with Crippen LogP contribution in [0.5, 0.6) is 5.75 Å². The summed E-state index contributed by atoms with van der Waals surface area (Å²) in [6, 6.07) is 5.37. The minimum atomic E-state index is -2.46. The Bertz CT molecular complexity index is 1190. The number of carbonyl (C=O) groups is 1. The lowest BCUT2D eigenvalue weighted by atomic mass is 10.1. The molecule has 0 atom stereocenters. The van der Waals surface area contributed by atoms with Crippen molar-refractivity contribution in [2.24, 2.45) is 0 Å². The molecule has 3 rings (SSSR count). The molecule has 0 saturated carbocycles. The number of esters is 1. The van der Waals surface area contributed by atoms with Crippen LogP contribution >= 0.6 is 34.2 Å². The van der Waals surface area contributed by atoms with Crippen molar-refractivity contribution < 1.29 is 40.3 Å². The maximum atomic E-state index is 13.8. The summed E-state index contributed by atoms with van der Waals surface area (Å²) in [7, 11) is 0. The van der Waals surface area contributed by atoms with E-state index in [1.54, 1.807) is 6.07 Å². The Hall–Kier alpha value is -2.54. The molecular formula is C19H6ClF7INO2. The summed E-state index contributed by atoms with van der Waals surface area (Å²) in [5.74, 6) is -18.6. The Balaban J connectivity index is 2.05. The molecule has 0 fully saturated rings. The van der Waals surface area contributed by atoms with Gasteiger partial charge in [0.05, 0.1) is 22.0 Å². The second kappa shape index (κ2) is 8.91. The monoisotopic (exact) mass is 575 g/mol. The third-order valence-corrected chi connectivity index (χ3v) is 4.83. The van der Waals surface area contributed by atoms with Crippen LogP contribution in [-0.2, 0) is 0 Å². The normalized spacial score (nSPS) is 10.9. The lowest BCUT2D eigenvalue weighted by Gasteiger charge is -2.14. The predicted molar refractivity (Wildman–Crippen MR) is 105 cm³/mol. The van der Waals surface area contributed by atoms with Gasteiger partial charge in [-0.15, -0.1) is 0 Å². The van der Waals surface area contributed by atoms with Gasteiger partial charge in [0, 0.05) is 9.64 Å². The van der Waals surface area contributed by atoms with E-state index in [-0.39, 0.29) is 10.7 Å². The molecular weight excluding hydrogens is 570 g/mol. The molecule has 0 aliphatic rings. The zero-order valence-corrected chi connectivity index (χ0v) is 17.5. The highest BCUT2D eigenvalue weighted by molar-refractivity contribution is 14.1. The van der Waals surface area contributed by atoms with Crippen molar-refractivity contribution in [3.8, 4) is 5.75 Å². The molecule has 0 heterocycles. The van der Waals surface area contributed by atoms with Gasteiger partial charge in [-0.1, -0.05) is 11.6 Å². The number of ether oxygens (including phenoxy) is 1. The van der Waals surface area contributed by atoms with Crippen molar-refractivity contribution in [3.05, 3.63) is 85.2 Å². The molecule has 0 bridgehead atoms. The molecule has 0 saturated heterocycles. The van der Waals surface area contributed by atoms with E-state index in [0.29, 0.717) is 12.1 Å². The molecule has 3 nitrogen and oxygen atoms in total. The molecule has 31 heavy (non-hydrogen) atoms. The molecule has 1 N–H and O–H groups in total. The summed E-state index contributed by atoms with van der Waals surface area (Å²) in [6.45, 7) is 0. The fourth-order valence-corrected chi connectivity index (χ4v) is 3.28. The molecule has 162 valence electrons. The van der Waals surface area contributed by atoms with Crippen LogP contribution in [0.2, 0.25) is 5.02 Å². The number of hydrogen-bond acceptors (Lipinski definition) is 3. The summed E-state index contributed by atoms with van der Waals surface area (Å²) in [6.07, 6.45) is 0. The van der Waals surface area contributed by atoms with Gasteiger partial charge in [-0.05, 0) is 46.9 Å². The molecule has 0 unspecified atom stereocenters. The van der Waals surface area contributed by atoms with Crippen molar-refractivity contribution >= 4 is 51.5 Å². The van der Waals surface area contributed by atoms with Gasteiger partial charge >= 0.3 is 5.97 Å². The quantitative estimate of drug-likeness (QED) is 0.0921. The summed E-state index contributed by atoms with van der Waals surface area (Å²) >= 11 is 7.99. The molecule has 3 aromatic carbocycles. The third kappa shape index (κ3) is 4.56. The van der Waals surface area contributed by atoms with E-state index >= 15 is 0 Å². The van der Waals surface area contributed by atoms with E-state index in [1.807, 2.05) is 22.6 Å². The van der Waals surface area contributed by atoms with Crippen LogP contribution in [0, 0.1) is 44.3 Å². The first-order chi connectivity index (χ1) is 14.5. The first kappa shape index (κ1) is 23.1. The number of carbonyl (C=O) groups excluding carboxylic acids is 1. The van der Waals surface area contributed by atoms with Crippen LogP contribution < -0.4 is 10.1 Å². The number of nitrogens with one attached hydrogen (secondary N) is 1. The maximum absolute atomic E-state index is 13.8.